The van der Waals surface area contributed by atoms with Gasteiger partial charge in [0, 0.05) is 18.6 Å². The molecule has 1 aromatic rings. The third-order valence-electron chi connectivity index (χ3n) is 4.51. The lowest BCUT2D eigenvalue weighted by atomic mass is 10.1. The fourth-order valence-electron chi connectivity index (χ4n) is 3.47. The Hall–Kier alpha value is -1.75. The van der Waals surface area contributed by atoms with E-state index in [9.17, 15) is 4.79 Å². The number of nitrogens with zero attached hydrogens (tertiary/aromatic N) is 1. The highest BCUT2D eigenvalue weighted by molar-refractivity contribution is 5.92. The summed E-state index contributed by atoms with van der Waals surface area (Å²) < 4.78 is 5.05. The number of fused-ring (bicyclic) bond motifs is 1. The Kier molecular flexibility index (Phi) is 4.01. The molecule has 5 nitrogen and oxygen atoms in total. The number of nitrogen functional groups attached to an aromatic ring is 1. The van der Waals surface area contributed by atoms with Gasteiger partial charge in [-0.15, -0.1) is 0 Å². The molecule has 2 heterocycles. The molecule has 2 aliphatic heterocycles. The first-order valence-corrected chi connectivity index (χ1v) is 7.76. The van der Waals surface area contributed by atoms with Gasteiger partial charge in [-0.2, -0.15) is 0 Å². The Morgan fingerprint density at radius 3 is 3.10 bits per heavy atom. The molecule has 0 radical (unpaired) electrons. The van der Waals surface area contributed by atoms with Crippen molar-refractivity contribution in [2.45, 2.75) is 38.3 Å². The Balaban J connectivity index is 1.75. The van der Waals surface area contributed by atoms with Crippen LogP contribution >= 0.6 is 0 Å². The van der Waals surface area contributed by atoms with Crippen LogP contribution in [-0.2, 0) is 4.74 Å². The van der Waals surface area contributed by atoms with Crippen LogP contribution in [0, 0.1) is 0 Å². The van der Waals surface area contributed by atoms with Crippen LogP contribution in [0.4, 0.5) is 11.4 Å². The van der Waals surface area contributed by atoms with E-state index in [1.807, 2.05) is 13.0 Å². The Morgan fingerprint density at radius 2 is 2.29 bits per heavy atom. The molecule has 0 aromatic heterocycles. The summed E-state index contributed by atoms with van der Waals surface area (Å²) in [6, 6.07) is 6.33. The maximum atomic E-state index is 11.8. The number of carbonyl (C=O) groups excluding carboxylic acids is 1. The Bertz CT molecular complexity index is 532. The highest BCUT2D eigenvalue weighted by atomic mass is 16.5. The van der Waals surface area contributed by atoms with Gasteiger partial charge in [0.15, 0.2) is 0 Å². The highest BCUT2D eigenvalue weighted by Crippen LogP contribution is 2.31. The van der Waals surface area contributed by atoms with Crippen molar-refractivity contribution in [3.05, 3.63) is 23.8 Å². The zero-order valence-electron chi connectivity index (χ0n) is 12.5. The van der Waals surface area contributed by atoms with E-state index in [4.69, 9.17) is 10.5 Å². The number of benzene rings is 1. The lowest BCUT2D eigenvalue weighted by molar-refractivity contribution is 0.0526. The summed E-state index contributed by atoms with van der Waals surface area (Å²) in [6.45, 7) is 4.55. The van der Waals surface area contributed by atoms with Crippen LogP contribution in [0.2, 0.25) is 0 Å². The summed E-state index contributed by atoms with van der Waals surface area (Å²) in [5.41, 5.74) is 8.13. The van der Waals surface area contributed by atoms with E-state index in [0.29, 0.717) is 29.9 Å². The first-order valence-electron chi connectivity index (χ1n) is 7.76. The third kappa shape index (κ3) is 2.83. The minimum atomic E-state index is -0.297. The molecule has 2 atom stereocenters. The Morgan fingerprint density at radius 1 is 1.43 bits per heavy atom. The third-order valence-corrected chi connectivity index (χ3v) is 4.51. The van der Waals surface area contributed by atoms with Gasteiger partial charge < -0.3 is 15.8 Å². The second-order valence-electron chi connectivity index (χ2n) is 5.81. The molecule has 0 aliphatic carbocycles. The summed E-state index contributed by atoms with van der Waals surface area (Å²) in [5, 5.41) is 3.54. The lowest BCUT2D eigenvalue weighted by Gasteiger charge is -2.23. The standard InChI is InChI=1S/C16H23N3O2/c1-2-21-16(20)11-5-6-12(17)14(10-11)18-13-7-9-19-8-3-4-15(13)19/h5-6,10,13,15,18H,2-4,7-9,17H2,1H3. The zero-order chi connectivity index (χ0) is 14.8. The first-order chi connectivity index (χ1) is 10.2. The predicted octanol–water partition coefficient (Wildman–Crippen LogP) is 2.09. The van der Waals surface area contributed by atoms with Crippen LogP contribution in [0.15, 0.2) is 18.2 Å². The van der Waals surface area contributed by atoms with Crippen molar-refractivity contribution in [3.63, 3.8) is 0 Å². The molecule has 114 valence electrons. The maximum absolute atomic E-state index is 11.8. The molecule has 2 aliphatic rings. The van der Waals surface area contributed by atoms with E-state index in [1.165, 1.54) is 19.4 Å². The number of carbonyl (C=O) groups is 1. The molecule has 0 saturated carbocycles. The minimum Gasteiger partial charge on any atom is -0.462 e. The van der Waals surface area contributed by atoms with Crippen LogP contribution in [0.5, 0.6) is 0 Å². The SMILES string of the molecule is CCOC(=O)c1ccc(N)c(NC2CCN3CCCC23)c1. The molecule has 21 heavy (non-hydrogen) atoms. The molecule has 2 saturated heterocycles. The van der Waals surface area contributed by atoms with E-state index in [1.54, 1.807) is 12.1 Å². The molecule has 1 aromatic carbocycles. The molecule has 2 fully saturated rings. The highest BCUT2D eigenvalue weighted by Gasteiger charge is 2.37. The van der Waals surface area contributed by atoms with Crippen molar-refractivity contribution in [1.29, 1.82) is 0 Å². The number of ether oxygens (including phenoxy) is 1. The monoisotopic (exact) mass is 289 g/mol. The molecule has 0 spiro atoms. The zero-order valence-corrected chi connectivity index (χ0v) is 12.5. The van der Waals surface area contributed by atoms with E-state index in [2.05, 4.69) is 10.2 Å². The largest absolute Gasteiger partial charge is 0.462 e. The van der Waals surface area contributed by atoms with Crippen molar-refractivity contribution in [3.8, 4) is 0 Å². The fourth-order valence-corrected chi connectivity index (χ4v) is 3.47. The Labute approximate surface area is 125 Å². The topological polar surface area (TPSA) is 67.6 Å². The molecular formula is C16H23N3O2. The van der Waals surface area contributed by atoms with Gasteiger partial charge in [0.25, 0.3) is 0 Å². The van der Waals surface area contributed by atoms with Gasteiger partial charge in [-0.1, -0.05) is 0 Å². The molecule has 3 rings (SSSR count). The van der Waals surface area contributed by atoms with Crippen LogP contribution < -0.4 is 11.1 Å². The predicted molar refractivity (Wildman–Crippen MR) is 83.4 cm³/mol. The van der Waals surface area contributed by atoms with Gasteiger partial charge >= 0.3 is 5.97 Å². The van der Waals surface area contributed by atoms with Crippen molar-refractivity contribution in [2.24, 2.45) is 0 Å². The van der Waals surface area contributed by atoms with Gasteiger partial charge in [-0.3, -0.25) is 4.90 Å². The molecule has 2 unspecified atom stereocenters. The van der Waals surface area contributed by atoms with E-state index < -0.39 is 0 Å². The maximum Gasteiger partial charge on any atom is 0.338 e. The first kappa shape index (κ1) is 14.2. The van der Waals surface area contributed by atoms with Crippen LogP contribution in [0.1, 0.15) is 36.5 Å². The minimum absolute atomic E-state index is 0.297. The second kappa shape index (κ2) is 5.93. The molecule has 0 bridgehead atoms. The van der Waals surface area contributed by atoms with E-state index in [0.717, 1.165) is 18.7 Å². The normalized spacial score (nSPS) is 24.8. The molecule has 3 N–H and O–H groups in total. The van der Waals surface area contributed by atoms with Crippen molar-refractivity contribution < 1.29 is 9.53 Å². The molecule has 5 heteroatoms. The number of esters is 1. The summed E-state index contributed by atoms with van der Waals surface area (Å²) in [7, 11) is 0. The van der Waals surface area contributed by atoms with Crippen LogP contribution in [0.3, 0.4) is 0 Å². The number of nitrogens with two attached hydrogens (primary N) is 1. The lowest BCUT2D eigenvalue weighted by Crippen LogP contribution is -2.34. The van der Waals surface area contributed by atoms with Crippen LogP contribution in [-0.4, -0.2) is 42.6 Å². The molecular weight excluding hydrogens is 266 g/mol. The number of hydrogen-bond acceptors (Lipinski definition) is 5. The second-order valence-corrected chi connectivity index (χ2v) is 5.81. The number of anilines is 2. The van der Waals surface area contributed by atoms with Gasteiger partial charge in [0.2, 0.25) is 0 Å². The van der Waals surface area contributed by atoms with Gasteiger partial charge in [0.1, 0.15) is 0 Å². The molecule has 0 amide bonds. The summed E-state index contributed by atoms with van der Waals surface area (Å²) in [6.07, 6.45) is 3.66. The average molecular weight is 289 g/mol. The number of rotatable bonds is 4. The van der Waals surface area contributed by atoms with Crippen molar-refractivity contribution in [2.75, 3.05) is 30.7 Å². The number of hydrogen-bond donors (Lipinski definition) is 2. The quantitative estimate of drug-likeness (QED) is 0.656. The van der Waals surface area contributed by atoms with E-state index in [-0.39, 0.29) is 5.97 Å². The van der Waals surface area contributed by atoms with E-state index >= 15 is 0 Å². The summed E-state index contributed by atoms with van der Waals surface area (Å²) in [4.78, 5) is 14.4. The summed E-state index contributed by atoms with van der Waals surface area (Å²) >= 11 is 0. The average Bonchev–Trinajstić information content (AvgIpc) is 3.06. The van der Waals surface area contributed by atoms with Gasteiger partial charge in [0.05, 0.1) is 23.5 Å². The number of nitrogens with one attached hydrogen (secondary N) is 1. The summed E-state index contributed by atoms with van der Waals surface area (Å²) in [5.74, 6) is -0.297. The van der Waals surface area contributed by atoms with Crippen molar-refractivity contribution >= 4 is 17.3 Å². The fraction of sp³-hybridized carbons (Fsp3) is 0.562. The van der Waals surface area contributed by atoms with Crippen LogP contribution in [0.25, 0.3) is 0 Å². The van der Waals surface area contributed by atoms with Gasteiger partial charge in [-0.05, 0) is 50.9 Å². The smallest absolute Gasteiger partial charge is 0.338 e. The van der Waals surface area contributed by atoms with Gasteiger partial charge in [-0.25, -0.2) is 4.79 Å². The van der Waals surface area contributed by atoms with Crippen molar-refractivity contribution in [1.82, 2.24) is 4.90 Å².